The summed E-state index contributed by atoms with van der Waals surface area (Å²) in [5.41, 5.74) is 2.45. The molecule has 242 valence electrons. The van der Waals surface area contributed by atoms with E-state index in [2.05, 4.69) is 15.2 Å². The van der Waals surface area contributed by atoms with Crippen LogP contribution >= 0.6 is 0 Å². The van der Waals surface area contributed by atoms with Gasteiger partial charge in [0.2, 0.25) is 11.8 Å². The van der Waals surface area contributed by atoms with Crippen molar-refractivity contribution in [3.8, 4) is 0 Å². The zero-order chi connectivity index (χ0) is 32.3. The van der Waals surface area contributed by atoms with E-state index in [1.165, 1.54) is 6.07 Å². The number of alkyl halides is 3. The van der Waals surface area contributed by atoms with Crippen LogP contribution in [0.3, 0.4) is 0 Å². The number of urea groups is 1. The first-order chi connectivity index (χ1) is 22.2. The lowest BCUT2D eigenvalue weighted by atomic mass is 9.92. The number of piperazine rings is 1. The monoisotopic (exact) mass is 634 g/mol. The molecule has 2 fully saturated rings. The summed E-state index contributed by atoms with van der Waals surface area (Å²) in [4.78, 5) is 51.8. The summed E-state index contributed by atoms with van der Waals surface area (Å²) in [6, 6.07) is 16.3. The Hall–Kier alpha value is -4.61. The van der Waals surface area contributed by atoms with Gasteiger partial charge in [-0.2, -0.15) is 13.2 Å². The molecule has 0 spiro atoms. The Bertz CT molecular complexity index is 1550. The fourth-order valence-electron chi connectivity index (χ4n) is 6.69. The van der Waals surface area contributed by atoms with E-state index >= 15 is 0 Å². The van der Waals surface area contributed by atoms with Gasteiger partial charge in [0.15, 0.2) is 0 Å². The number of hydrogen-bond donors (Lipinski definition) is 1. The van der Waals surface area contributed by atoms with Crippen molar-refractivity contribution in [2.24, 2.45) is 5.92 Å². The molecule has 0 radical (unpaired) electrons. The molecule has 2 aromatic carbocycles. The normalized spacial score (nSPS) is 18.2. The number of likely N-dealkylation sites (tertiary alicyclic amines) is 1. The summed E-state index contributed by atoms with van der Waals surface area (Å²) in [6.07, 6.45) is 0.0610. The molecular weight excluding hydrogens is 597 g/mol. The number of aromatic nitrogens is 1. The zero-order valence-corrected chi connectivity index (χ0v) is 25.5. The number of carbonyl (C=O) groups excluding carboxylic acids is 3. The Balaban J connectivity index is 1.11. The molecule has 0 saturated carbocycles. The molecule has 3 aliphatic heterocycles. The average molecular weight is 635 g/mol. The van der Waals surface area contributed by atoms with E-state index in [4.69, 9.17) is 0 Å². The number of nitrogens with zero attached hydrogens (tertiary/aromatic N) is 5. The Morgan fingerprint density at radius 2 is 1.61 bits per heavy atom. The molecule has 4 heterocycles. The van der Waals surface area contributed by atoms with Crippen molar-refractivity contribution in [2.45, 2.75) is 44.4 Å². The van der Waals surface area contributed by atoms with Crippen molar-refractivity contribution in [3.05, 3.63) is 89.7 Å². The topological polar surface area (TPSA) is 89.1 Å². The van der Waals surface area contributed by atoms with Gasteiger partial charge in [-0.1, -0.05) is 36.4 Å². The lowest BCUT2D eigenvalue weighted by Crippen LogP contribution is -2.52. The van der Waals surface area contributed by atoms with Gasteiger partial charge in [0.25, 0.3) is 0 Å². The lowest BCUT2D eigenvalue weighted by molar-refractivity contribution is -0.142. The number of carbonyl (C=O) groups is 3. The maximum Gasteiger partial charge on any atom is 0.416 e. The molecule has 1 atom stereocenters. The van der Waals surface area contributed by atoms with Gasteiger partial charge in [0.1, 0.15) is 0 Å². The maximum atomic E-state index is 13.9. The number of anilines is 2. The number of nitrogens with one attached hydrogen (secondary N) is 1. The number of fused-ring (bicyclic) bond motifs is 1. The van der Waals surface area contributed by atoms with Crippen molar-refractivity contribution in [2.75, 3.05) is 49.5 Å². The van der Waals surface area contributed by atoms with Crippen LogP contribution in [0.2, 0.25) is 0 Å². The van der Waals surface area contributed by atoms with Crippen LogP contribution in [0.5, 0.6) is 0 Å². The van der Waals surface area contributed by atoms with Gasteiger partial charge in [-0.05, 0) is 54.7 Å². The van der Waals surface area contributed by atoms with E-state index in [0.717, 1.165) is 29.1 Å². The molecule has 9 nitrogen and oxygen atoms in total. The molecule has 46 heavy (non-hydrogen) atoms. The molecule has 1 unspecified atom stereocenters. The molecule has 1 aromatic heterocycles. The largest absolute Gasteiger partial charge is 0.416 e. The molecule has 6 rings (SSSR count). The fraction of sp³-hybridized carbons (Fsp3) is 0.412. The molecule has 0 aliphatic carbocycles. The minimum Gasteiger partial charge on any atom is -0.368 e. The number of benzene rings is 2. The van der Waals surface area contributed by atoms with Gasteiger partial charge in [-0.15, -0.1) is 0 Å². The van der Waals surface area contributed by atoms with E-state index < -0.39 is 17.7 Å². The third-order valence-corrected chi connectivity index (χ3v) is 9.24. The fourth-order valence-corrected chi connectivity index (χ4v) is 6.69. The summed E-state index contributed by atoms with van der Waals surface area (Å²) in [5.74, 6) is -1.23. The number of para-hydroxylation sites is 1. The van der Waals surface area contributed by atoms with Gasteiger partial charge < -0.3 is 24.9 Å². The highest BCUT2D eigenvalue weighted by atomic mass is 19.4. The van der Waals surface area contributed by atoms with Crippen molar-refractivity contribution >= 4 is 29.2 Å². The Morgan fingerprint density at radius 1 is 0.891 bits per heavy atom. The summed E-state index contributed by atoms with van der Waals surface area (Å²) in [7, 11) is 0. The number of pyridine rings is 1. The van der Waals surface area contributed by atoms with Crippen LogP contribution in [0.15, 0.2) is 73.1 Å². The Kier molecular flexibility index (Phi) is 9.14. The second-order valence-electron chi connectivity index (χ2n) is 12.1. The highest BCUT2D eigenvalue weighted by molar-refractivity contribution is 5.92. The van der Waals surface area contributed by atoms with Gasteiger partial charge in [0, 0.05) is 82.0 Å². The van der Waals surface area contributed by atoms with Crippen molar-refractivity contribution in [1.29, 1.82) is 0 Å². The third kappa shape index (κ3) is 7.11. The quantitative estimate of drug-likeness (QED) is 0.394. The third-order valence-electron chi connectivity index (χ3n) is 9.24. The molecule has 4 amide bonds. The van der Waals surface area contributed by atoms with Crippen molar-refractivity contribution < 1.29 is 27.6 Å². The van der Waals surface area contributed by atoms with E-state index in [1.54, 1.807) is 28.3 Å². The first kappa shape index (κ1) is 31.4. The second-order valence-corrected chi connectivity index (χ2v) is 12.1. The van der Waals surface area contributed by atoms with Crippen LogP contribution in [0, 0.1) is 5.92 Å². The van der Waals surface area contributed by atoms with Crippen LogP contribution < -0.4 is 10.2 Å². The summed E-state index contributed by atoms with van der Waals surface area (Å²) in [5, 5.41) is 2.95. The van der Waals surface area contributed by atoms with Gasteiger partial charge in [-0.3, -0.25) is 14.6 Å². The number of halogens is 3. The van der Waals surface area contributed by atoms with Crippen LogP contribution in [-0.4, -0.2) is 82.8 Å². The lowest BCUT2D eigenvalue weighted by Gasteiger charge is -2.41. The minimum atomic E-state index is -4.51. The summed E-state index contributed by atoms with van der Waals surface area (Å²) >= 11 is 0. The predicted octanol–water partition coefficient (Wildman–Crippen LogP) is 5.04. The Morgan fingerprint density at radius 3 is 2.33 bits per heavy atom. The molecule has 3 aliphatic rings. The van der Waals surface area contributed by atoms with E-state index in [0.29, 0.717) is 64.2 Å². The predicted molar refractivity (Wildman–Crippen MR) is 167 cm³/mol. The van der Waals surface area contributed by atoms with Gasteiger partial charge in [-0.25, -0.2) is 4.79 Å². The average Bonchev–Trinajstić information content (AvgIpc) is 3.07. The molecule has 0 bridgehead atoms. The van der Waals surface area contributed by atoms with E-state index in [1.807, 2.05) is 41.3 Å². The van der Waals surface area contributed by atoms with Crippen molar-refractivity contribution in [1.82, 2.24) is 19.7 Å². The van der Waals surface area contributed by atoms with Crippen molar-refractivity contribution in [3.63, 3.8) is 0 Å². The summed E-state index contributed by atoms with van der Waals surface area (Å²) in [6.45, 7) is 3.46. The number of piperidine rings is 1. The number of hydrogen-bond acceptors (Lipinski definition) is 5. The van der Waals surface area contributed by atoms with E-state index in [-0.39, 0.29) is 36.7 Å². The standard InChI is InChI=1S/C34H37F3N6O3/c35-34(36,37)27-6-3-4-24(21-27)20-26(32(45)42-18-16-40(17-19-42)28-8-12-38-13-9-28)22-31(44)41-14-10-29(11-15-41)43-23-25-5-1-2-7-30(25)39-33(43)46/h1-9,12-13,21,26,29H,10-11,14-20,22-23H2,(H,39,46). The minimum absolute atomic E-state index is 0.0306. The first-order valence-electron chi connectivity index (χ1n) is 15.7. The molecular formula is C34H37F3N6O3. The van der Waals surface area contributed by atoms with Crippen LogP contribution in [0.1, 0.15) is 36.0 Å². The molecule has 2 saturated heterocycles. The van der Waals surface area contributed by atoms with Crippen LogP contribution in [0.4, 0.5) is 29.3 Å². The van der Waals surface area contributed by atoms with E-state index in [9.17, 15) is 27.6 Å². The molecule has 12 heteroatoms. The second kappa shape index (κ2) is 13.4. The Labute approximate surface area is 266 Å². The smallest absolute Gasteiger partial charge is 0.368 e. The maximum absolute atomic E-state index is 13.9. The molecule has 3 aromatic rings. The summed E-state index contributed by atoms with van der Waals surface area (Å²) < 4.78 is 40.4. The highest BCUT2D eigenvalue weighted by Crippen LogP contribution is 2.31. The van der Waals surface area contributed by atoms with Crippen LogP contribution in [0.25, 0.3) is 0 Å². The van der Waals surface area contributed by atoms with Gasteiger partial charge in [0.05, 0.1) is 11.5 Å². The SMILES string of the molecule is O=C(CC(Cc1cccc(C(F)(F)F)c1)C(=O)N1CCN(c2ccncc2)CC1)N1CCC(N2Cc3ccccc3NC2=O)CC1. The first-order valence-corrected chi connectivity index (χ1v) is 15.7. The van der Waals surface area contributed by atoms with Crippen LogP contribution in [-0.2, 0) is 28.7 Å². The molecule has 1 N–H and O–H groups in total. The number of amides is 4. The zero-order valence-electron chi connectivity index (χ0n) is 25.5. The van der Waals surface area contributed by atoms with Gasteiger partial charge >= 0.3 is 12.2 Å². The highest BCUT2D eigenvalue weighted by Gasteiger charge is 2.36. The number of rotatable bonds is 7.